The molecular weight excluding hydrogens is 441 g/mol. The second-order valence-corrected chi connectivity index (χ2v) is 9.50. The number of thioether (sulfide) groups is 1. The molecular formula is C21H18FN3O2S3. The average Bonchev–Trinajstić information content (AvgIpc) is 3.40. The molecule has 30 heavy (non-hydrogen) atoms. The zero-order chi connectivity index (χ0) is 21.1. The highest BCUT2D eigenvalue weighted by Crippen LogP contribution is 2.23. The number of aryl methyl sites for hydroxylation is 2. The molecule has 154 valence electrons. The molecule has 0 aliphatic rings. The van der Waals surface area contributed by atoms with Crippen molar-refractivity contribution in [2.24, 2.45) is 0 Å². The van der Waals surface area contributed by atoms with Crippen molar-refractivity contribution in [1.29, 1.82) is 0 Å². The molecule has 0 saturated heterocycles. The molecule has 3 heterocycles. The number of benzene rings is 1. The van der Waals surface area contributed by atoms with Crippen LogP contribution in [0.3, 0.4) is 0 Å². The third-order valence-electron chi connectivity index (χ3n) is 4.49. The van der Waals surface area contributed by atoms with Crippen molar-refractivity contribution in [2.45, 2.75) is 25.0 Å². The number of nitrogens with one attached hydrogen (secondary N) is 1. The van der Waals surface area contributed by atoms with E-state index in [1.54, 1.807) is 28.9 Å². The standard InChI is InChI=1S/C21H18FN3O2S3/c1-13-11-14(22)4-5-16(13)23-18(26)12-30-21-24-17-7-10-29-19(17)20(27)25(21)8-6-15-3-2-9-28-15/h2-5,7,9-11H,6,8,12H2,1H3,(H,23,26). The number of halogens is 1. The minimum Gasteiger partial charge on any atom is -0.325 e. The molecule has 0 spiro atoms. The number of fused-ring (bicyclic) bond motifs is 1. The van der Waals surface area contributed by atoms with Gasteiger partial charge in [0, 0.05) is 17.1 Å². The fourth-order valence-electron chi connectivity index (χ4n) is 2.99. The summed E-state index contributed by atoms with van der Waals surface area (Å²) >= 11 is 4.25. The van der Waals surface area contributed by atoms with Crippen LogP contribution in [0.4, 0.5) is 10.1 Å². The number of carbonyl (C=O) groups is 1. The van der Waals surface area contributed by atoms with Gasteiger partial charge in [0.1, 0.15) is 10.5 Å². The largest absolute Gasteiger partial charge is 0.325 e. The number of hydrogen-bond acceptors (Lipinski definition) is 6. The summed E-state index contributed by atoms with van der Waals surface area (Å²) in [6.45, 7) is 2.24. The maximum atomic E-state index is 13.3. The van der Waals surface area contributed by atoms with Gasteiger partial charge >= 0.3 is 0 Å². The maximum Gasteiger partial charge on any atom is 0.272 e. The van der Waals surface area contributed by atoms with E-state index in [1.165, 1.54) is 40.1 Å². The second-order valence-electron chi connectivity index (χ2n) is 6.61. The van der Waals surface area contributed by atoms with Crippen molar-refractivity contribution in [1.82, 2.24) is 9.55 Å². The van der Waals surface area contributed by atoms with Gasteiger partial charge in [-0.15, -0.1) is 22.7 Å². The van der Waals surface area contributed by atoms with E-state index in [0.717, 1.165) is 6.42 Å². The third kappa shape index (κ3) is 4.63. The van der Waals surface area contributed by atoms with E-state index in [0.29, 0.717) is 33.2 Å². The molecule has 9 heteroatoms. The Hall–Kier alpha value is -2.49. The minimum atomic E-state index is -0.345. The lowest BCUT2D eigenvalue weighted by molar-refractivity contribution is -0.113. The summed E-state index contributed by atoms with van der Waals surface area (Å²) < 4.78 is 15.5. The maximum absolute atomic E-state index is 13.3. The van der Waals surface area contributed by atoms with Gasteiger partial charge in [-0.25, -0.2) is 9.37 Å². The number of thiophene rings is 2. The Morgan fingerprint density at radius 2 is 2.10 bits per heavy atom. The Bertz CT molecular complexity index is 1250. The van der Waals surface area contributed by atoms with Crippen LogP contribution in [0.1, 0.15) is 10.4 Å². The molecule has 4 rings (SSSR count). The van der Waals surface area contributed by atoms with E-state index in [1.807, 2.05) is 29.0 Å². The Morgan fingerprint density at radius 1 is 1.23 bits per heavy atom. The Balaban J connectivity index is 1.52. The molecule has 0 aliphatic carbocycles. The molecule has 3 aromatic heterocycles. The number of rotatable bonds is 7. The van der Waals surface area contributed by atoms with E-state index in [-0.39, 0.29) is 23.0 Å². The van der Waals surface area contributed by atoms with Crippen LogP contribution in [0, 0.1) is 12.7 Å². The van der Waals surface area contributed by atoms with Crippen molar-refractivity contribution in [2.75, 3.05) is 11.1 Å². The summed E-state index contributed by atoms with van der Waals surface area (Å²) in [7, 11) is 0. The summed E-state index contributed by atoms with van der Waals surface area (Å²) in [5.74, 6) is -0.486. The lowest BCUT2D eigenvalue weighted by atomic mass is 10.2. The van der Waals surface area contributed by atoms with Gasteiger partial charge in [0.15, 0.2) is 5.16 Å². The molecule has 5 nitrogen and oxygen atoms in total. The highest BCUT2D eigenvalue weighted by Gasteiger charge is 2.15. The summed E-state index contributed by atoms with van der Waals surface area (Å²) in [4.78, 5) is 31.2. The monoisotopic (exact) mass is 459 g/mol. The first-order valence-corrected chi connectivity index (χ1v) is 11.9. The van der Waals surface area contributed by atoms with Crippen molar-refractivity contribution in [3.8, 4) is 0 Å². The predicted molar refractivity (Wildman–Crippen MR) is 122 cm³/mol. The molecule has 0 fully saturated rings. The highest BCUT2D eigenvalue weighted by molar-refractivity contribution is 7.99. The smallest absolute Gasteiger partial charge is 0.272 e. The fourth-order valence-corrected chi connectivity index (χ4v) is 5.29. The Kier molecular flexibility index (Phi) is 6.31. The van der Waals surface area contributed by atoms with Crippen LogP contribution in [-0.2, 0) is 17.8 Å². The molecule has 0 saturated carbocycles. The lowest BCUT2D eigenvalue weighted by Crippen LogP contribution is -2.24. The first kappa shape index (κ1) is 20.8. The van der Waals surface area contributed by atoms with Gasteiger partial charge in [-0.1, -0.05) is 17.8 Å². The summed E-state index contributed by atoms with van der Waals surface area (Å²) in [6.07, 6.45) is 0.727. The van der Waals surface area contributed by atoms with Gasteiger partial charge in [-0.2, -0.15) is 0 Å². The van der Waals surface area contributed by atoms with Gasteiger partial charge in [0.05, 0.1) is 11.3 Å². The van der Waals surface area contributed by atoms with Crippen LogP contribution in [0.25, 0.3) is 10.2 Å². The van der Waals surface area contributed by atoms with E-state index in [4.69, 9.17) is 0 Å². The van der Waals surface area contributed by atoms with Gasteiger partial charge in [0.25, 0.3) is 5.56 Å². The Labute approximate surface area is 184 Å². The van der Waals surface area contributed by atoms with Crippen LogP contribution in [0.5, 0.6) is 0 Å². The van der Waals surface area contributed by atoms with Gasteiger partial charge in [0.2, 0.25) is 5.91 Å². The van der Waals surface area contributed by atoms with Crippen LogP contribution < -0.4 is 10.9 Å². The molecule has 4 aromatic rings. The van der Waals surface area contributed by atoms with Crippen LogP contribution in [0.2, 0.25) is 0 Å². The summed E-state index contributed by atoms with van der Waals surface area (Å²) in [6, 6.07) is 10.1. The van der Waals surface area contributed by atoms with Crippen molar-refractivity contribution >= 4 is 56.2 Å². The lowest BCUT2D eigenvalue weighted by Gasteiger charge is -2.12. The molecule has 0 unspecified atom stereocenters. The van der Waals surface area contributed by atoms with E-state index in [9.17, 15) is 14.0 Å². The molecule has 0 aliphatic heterocycles. The summed E-state index contributed by atoms with van der Waals surface area (Å²) in [5, 5.41) is 7.17. The topological polar surface area (TPSA) is 64.0 Å². The number of nitrogens with zero attached hydrogens (tertiary/aromatic N) is 2. The Morgan fingerprint density at radius 3 is 2.87 bits per heavy atom. The fraction of sp³-hybridized carbons (Fsp3) is 0.190. The first-order valence-electron chi connectivity index (χ1n) is 9.20. The molecule has 1 amide bonds. The van der Waals surface area contributed by atoms with Gasteiger partial charge in [-0.05, 0) is 60.0 Å². The van der Waals surface area contributed by atoms with E-state index >= 15 is 0 Å². The quantitative estimate of drug-likeness (QED) is 0.314. The van der Waals surface area contributed by atoms with Crippen molar-refractivity contribution < 1.29 is 9.18 Å². The van der Waals surface area contributed by atoms with E-state index < -0.39 is 0 Å². The highest BCUT2D eigenvalue weighted by atomic mass is 32.2. The SMILES string of the molecule is Cc1cc(F)ccc1NC(=O)CSc1nc2ccsc2c(=O)n1CCc1cccs1. The van der Waals surface area contributed by atoms with Crippen LogP contribution in [-0.4, -0.2) is 21.2 Å². The molecule has 1 N–H and O–H groups in total. The third-order valence-corrected chi connectivity index (χ3v) is 7.29. The normalized spacial score (nSPS) is 11.1. The van der Waals surface area contributed by atoms with Gasteiger partial charge in [-0.3, -0.25) is 14.2 Å². The molecule has 0 bridgehead atoms. The molecule has 1 aromatic carbocycles. The predicted octanol–water partition coefficient (Wildman–Crippen LogP) is 4.94. The zero-order valence-electron chi connectivity index (χ0n) is 16.1. The van der Waals surface area contributed by atoms with Crippen molar-refractivity contribution in [3.05, 3.63) is 73.8 Å². The van der Waals surface area contributed by atoms with E-state index in [2.05, 4.69) is 10.3 Å². The first-order chi connectivity index (χ1) is 14.5. The second kappa shape index (κ2) is 9.11. The number of hydrogen-bond donors (Lipinski definition) is 1. The molecule has 0 radical (unpaired) electrons. The number of anilines is 1. The minimum absolute atomic E-state index is 0.0798. The number of carbonyl (C=O) groups excluding carboxylic acids is 1. The van der Waals surface area contributed by atoms with Crippen molar-refractivity contribution in [3.63, 3.8) is 0 Å². The average molecular weight is 460 g/mol. The van der Waals surface area contributed by atoms with Gasteiger partial charge < -0.3 is 5.32 Å². The number of aromatic nitrogens is 2. The summed E-state index contributed by atoms with van der Waals surface area (Å²) in [5.41, 5.74) is 1.79. The van der Waals surface area contributed by atoms with Crippen LogP contribution in [0.15, 0.2) is 57.1 Å². The van der Waals surface area contributed by atoms with Crippen LogP contribution >= 0.6 is 34.4 Å². The zero-order valence-corrected chi connectivity index (χ0v) is 18.5. The number of amides is 1. The molecule has 0 atom stereocenters.